The second kappa shape index (κ2) is 48.1. The Morgan fingerprint density at radius 3 is 1.11 bits per heavy atom. The number of benzene rings is 1. The molecule has 0 saturated carbocycles. The van der Waals surface area contributed by atoms with Crippen molar-refractivity contribution in [1.82, 2.24) is 98.4 Å². The number of anilines is 9. The van der Waals surface area contributed by atoms with Gasteiger partial charge in [0.25, 0.3) is 25.7 Å². The summed E-state index contributed by atoms with van der Waals surface area (Å²) in [6.45, 7) is 26.4. The molecule has 0 unspecified atom stereocenters. The van der Waals surface area contributed by atoms with E-state index in [4.69, 9.17) is 24.7 Å². The Hall–Kier alpha value is -14.2. The molecule has 8 N–H and O–H groups in total. The molecule has 0 atom stereocenters. The van der Waals surface area contributed by atoms with Gasteiger partial charge in [0, 0.05) is 142 Å². The summed E-state index contributed by atoms with van der Waals surface area (Å²) in [4.78, 5) is 94.6. The van der Waals surface area contributed by atoms with Crippen LogP contribution in [0.25, 0.3) is 90.2 Å². The van der Waals surface area contributed by atoms with E-state index in [1.807, 2.05) is 93.0 Å². The number of rotatable bonds is 33. The maximum absolute atomic E-state index is 13.3. The number of nitrogen functional groups attached to an aromatic ring is 1. The van der Waals surface area contributed by atoms with E-state index in [0.717, 1.165) is 39.5 Å². The van der Waals surface area contributed by atoms with Crippen LogP contribution in [0.1, 0.15) is 62.3 Å². The van der Waals surface area contributed by atoms with Crippen LogP contribution in [-0.4, -0.2) is 154 Å². The van der Waals surface area contributed by atoms with Gasteiger partial charge in [0.1, 0.15) is 132 Å². The fourth-order valence-electron chi connectivity index (χ4n) is 13.1. The van der Waals surface area contributed by atoms with Gasteiger partial charge in [0.15, 0.2) is 23.3 Å². The summed E-state index contributed by atoms with van der Waals surface area (Å²) >= 11 is 6.54. The fourth-order valence-corrected chi connectivity index (χ4v) is 16.1. The molecule has 0 spiro atoms. The molecule has 1 aromatic carbocycles. The van der Waals surface area contributed by atoms with Gasteiger partial charge in [-0.25, -0.2) is 110 Å². The second-order valence-corrected chi connectivity index (χ2v) is 53.7. The number of hydrogen-bond donors (Lipinski definition) is 7. The number of hydrogen-bond acceptors (Lipinski definition) is 26. The molecule has 0 fully saturated rings. The van der Waals surface area contributed by atoms with Crippen molar-refractivity contribution >= 4 is 164 Å². The Labute approximate surface area is 824 Å². The molecule has 17 aromatic rings. The van der Waals surface area contributed by atoms with E-state index < -0.39 is 49.9 Å². The Bertz CT molecular complexity index is 7130. The Morgan fingerprint density at radius 2 is 0.745 bits per heavy atom. The van der Waals surface area contributed by atoms with E-state index in [-0.39, 0.29) is 87.4 Å². The summed E-state index contributed by atoms with van der Waals surface area (Å²) < 4.78 is 136. The molecule has 17 rings (SSSR count). The summed E-state index contributed by atoms with van der Waals surface area (Å²) in [5, 5.41) is 17.8. The van der Waals surface area contributed by atoms with Gasteiger partial charge >= 0.3 is 0 Å². The van der Waals surface area contributed by atoms with Crippen LogP contribution < -0.4 is 37.1 Å². The number of ether oxygens (including phenoxy) is 4. The minimum atomic E-state index is -2.71. The Kier molecular flexibility index (Phi) is 35.5. The predicted octanol–water partition coefficient (Wildman–Crippen LogP) is 24.5. The van der Waals surface area contributed by atoms with Gasteiger partial charge in [0.2, 0.25) is 17.7 Å². The van der Waals surface area contributed by atoms with Crippen molar-refractivity contribution in [2.45, 2.75) is 137 Å². The largest absolute Gasteiger partial charge is 0.438 e. The third-order valence-electron chi connectivity index (χ3n) is 20.2. The maximum atomic E-state index is 13.3. The van der Waals surface area contributed by atoms with E-state index in [2.05, 4.69) is 202 Å². The number of para-hydroxylation sites is 1. The van der Waals surface area contributed by atoms with Crippen molar-refractivity contribution in [2.24, 2.45) is 0 Å². The molecule has 0 aliphatic heterocycles. The Balaban J connectivity index is 0.000000154. The minimum absolute atomic E-state index is 0.190. The first kappa shape index (κ1) is 104. The number of halogens is 10. The summed E-state index contributed by atoms with van der Waals surface area (Å²) in [6.07, 6.45) is 2.93. The normalized spacial score (nSPS) is 11.6. The predicted molar refractivity (Wildman–Crippen MR) is 543 cm³/mol. The third-order valence-corrected chi connectivity index (χ3v) is 26.1. The molecule has 0 aliphatic rings. The van der Waals surface area contributed by atoms with E-state index in [1.54, 1.807) is 91.5 Å². The van der Waals surface area contributed by atoms with Gasteiger partial charge in [0.05, 0.1) is 21.5 Å². The molecule has 141 heavy (non-hydrogen) atoms. The lowest BCUT2D eigenvalue weighted by Gasteiger charge is -2.16. The average Bonchev–Trinajstić information content (AvgIpc) is 1.44. The number of alkyl halides is 8. The van der Waals surface area contributed by atoms with Crippen LogP contribution in [0.3, 0.4) is 0 Å². The average molecular weight is 2110 g/mol. The molecule has 732 valence electrons. The number of H-pyrrole nitrogens is 1. The summed E-state index contributed by atoms with van der Waals surface area (Å²) in [5.74, 6) is 3.48. The molecule has 0 radical (unpaired) electrons. The lowest BCUT2D eigenvalue weighted by molar-refractivity contribution is -0.115. The van der Waals surface area contributed by atoms with Crippen LogP contribution in [0.15, 0.2) is 235 Å². The number of fused-ring (bicyclic) bond motifs is 4. The zero-order chi connectivity index (χ0) is 101. The zero-order valence-electron chi connectivity index (χ0n) is 78.3. The molecule has 16 heterocycles. The second-order valence-electron chi connectivity index (χ2n) is 35.2. The highest BCUT2D eigenvalue weighted by Crippen LogP contribution is 2.37. The van der Waals surface area contributed by atoms with Gasteiger partial charge in [-0.05, 0) is 171 Å². The monoisotopic (exact) mass is 2110 g/mol. The van der Waals surface area contributed by atoms with E-state index in [9.17, 15) is 44.7 Å². The molecular formula is C96H100Br2F8N26O6Si3. The lowest BCUT2D eigenvalue weighted by atomic mass is 10.2. The zero-order valence-corrected chi connectivity index (χ0v) is 84.5. The smallest absolute Gasteiger partial charge is 0.280 e. The van der Waals surface area contributed by atoms with Crippen LogP contribution in [0.2, 0.25) is 77.1 Å². The van der Waals surface area contributed by atoms with E-state index in [1.165, 1.54) is 68.6 Å². The first-order valence-electron chi connectivity index (χ1n) is 44.1. The van der Waals surface area contributed by atoms with E-state index >= 15 is 0 Å². The molecule has 2 amide bonds. The maximum Gasteiger partial charge on any atom is 0.280 e. The van der Waals surface area contributed by atoms with E-state index in [0.29, 0.717) is 129 Å². The van der Waals surface area contributed by atoms with Gasteiger partial charge in [-0.3, -0.25) is 9.59 Å². The highest BCUT2D eigenvalue weighted by molar-refractivity contribution is 9.10. The molecule has 0 saturated heterocycles. The molecule has 45 heteroatoms. The third kappa shape index (κ3) is 30.6. The highest BCUT2D eigenvalue weighted by atomic mass is 79.9. The van der Waals surface area contributed by atoms with Crippen molar-refractivity contribution in [2.75, 3.05) is 52.1 Å². The van der Waals surface area contributed by atoms with Crippen LogP contribution in [0, 0.1) is 0 Å². The quantitative estimate of drug-likeness (QED) is 0.00869. The van der Waals surface area contributed by atoms with Gasteiger partial charge in [-0.15, -0.1) is 0 Å². The van der Waals surface area contributed by atoms with Gasteiger partial charge < -0.3 is 70.0 Å². The highest BCUT2D eigenvalue weighted by Gasteiger charge is 2.25. The van der Waals surface area contributed by atoms with Crippen molar-refractivity contribution in [3.05, 3.63) is 257 Å². The standard InChI is InChI=1S/C25H29F2N7O2Si.C24H26F2N4O2Si.C23H25BrF2N6OSi.C19H15F2N7O.C5H5BrN2/c1-16(35)29-21-14-17(8-10-28-21)30-23-18-9-11-34(15-36-12-13-37(2,3)4)25(18)33-24(32-23)20-7-5-6-19(31-20)22(26)27;1-33(2,3)15-14-31-16-30-13-12-18-23(30)28-22(20-11-7-10-19(27-20)21(25)26)29-24(18)32-17-8-5-4-6-9-17;1-34(2,3)12-11-33-14-32-10-8-16-21(28-15-7-9-27-19(24)13-15)30-22(31-23(16)32)18-6-4-5-17(29-18)20(25)26;1-10(29)24-15-9-11(5-7-22-15)25-18-12-6-8-23-17(12)27-19(28-18)14-4-2-3-13(26-14)16(20)21;6-5-3-4(7)1-2-8-5/h5-11,14,22H,12-13,15H2,1-4H3,(H2,28,29,30,32,33,35);4-13,21H,14-16H2,1-3H3;4-10,13,20H,11-12,14H2,1-3H3,(H,27,28,30,31);2-9,16H,1H3,(H3,22,23,24,25,27,28,29);1-3H,(H2,7,8). The first-order valence-corrected chi connectivity index (χ1v) is 56.8. The van der Waals surface area contributed by atoms with Gasteiger partial charge in [-0.2, -0.15) is 4.98 Å². The summed E-state index contributed by atoms with van der Waals surface area (Å²) in [7, 11) is -3.65. The number of aromatic nitrogens is 20. The lowest BCUT2D eigenvalue weighted by Crippen LogP contribution is -2.22. The number of pyridine rings is 8. The van der Waals surface area contributed by atoms with Crippen LogP contribution in [0.5, 0.6) is 11.6 Å². The van der Waals surface area contributed by atoms with Crippen molar-refractivity contribution < 1.29 is 63.7 Å². The summed E-state index contributed by atoms with van der Waals surface area (Å²) in [6, 6.07) is 51.2. The summed E-state index contributed by atoms with van der Waals surface area (Å²) in [5.41, 5.74) is 10.1. The van der Waals surface area contributed by atoms with Crippen molar-refractivity contribution in [3.8, 4) is 57.7 Å². The molecule has 0 aliphatic carbocycles. The fraction of sp³-hybridized carbons (Fsp3) is 0.250. The first-order chi connectivity index (χ1) is 67.4. The van der Waals surface area contributed by atoms with Crippen LogP contribution in [-0.2, 0) is 44.0 Å². The number of carbonyl (C=O) groups excluding carboxylic acids is 2. The number of nitrogens with one attached hydrogen (secondary N) is 6. The number of amides is 2. The van der Waals surface area contributed by atoms with Crippen molar-refractivity contribution in [1.29, 1.82) is 0 Å². The topological polar surface area (TPSA) is 394 Å². The number of carbonyl (C=O) groups is 2. The molecule has 32 nitrogen and oxygen atoms in total. The van der Waals surface area contributed by atoms with Crippen molar-refractivity contribution in [3.63, 3.8) is 0 Å². The minimum Gasteiger partial charge on any atom is -0.438 e. The van der Waals surface area contributed by atoms with Gasteiger partial charge in [-0.1, -0.05) is 101 Å². The molecule has 0 bridgehead atoms. The number of nitrogens with two attached hydrogens (primary N) is 1. The Morgan fingerprint density at radius 1 is 0.390 bits per heavy atom. The number of aromatic amines is 1. The molecular weight excluding hydrogens is 2010 g/mol. The SMILES string of the molecule is CC(=O)Nc1cc(Nc2nc(-c3cccc(C(F)F)n3)nc3[nH]ccc23)ccn1.CC(=O)Nc1cc(Nc2nc(-c3cccc(C(F)F)n3)nc3c2ccn3COCC[Si](C)(C)C)ccn1.C[Si](C)(C)CCOCn1ccc2c(Nc3ccnc(Br)c3)nc(-c3cccc(C(F)F)n3)nc21.C[Si](C)(C)CCOCn1ccc2c(Oc3ccccc3)nc(-c3cccc(C(F)F)n3)nc21.Nc1ccnc(Br)c1. The van der Waals surface area contributed by atoms with Crippen LogP contribution in [0.4, 0.5) is 87.0 Å². The van der Waals surface area contributed by atoms with Crippen LogP contribution >= 0.6 is 31.9 Å². The number of nitrogens with zero attached hydrogens (tertiary/aromatic N) is 19. The molecule has 16 aromatic heterocycles.